The molecule has 1 unspecified atom stereocenters. The molecule has 0 bridgehead atoms. The van der Waals surface area contributed by atoms with Crippen LogP contribution in [0.2, 0.25) is 10.0 Å². The molecule has 1 saturated heterocycles. The van der Waals surface area contributed by atoms with Gasteiger partial charge in [0, 0.05) is 16.6 Å². The van der Waals surface area contributed by atoms with Crippen LogP contribution in [-0.4, -0.2) is 37.5 Å². The number of nitrogens with two attached hydrogens (primary N) is 1. The fourth-order valence-electron chi connectivity index (χ4n) is 2.92. The molecule has 24 heavy (non-hydrogen) atoms. The lowest BCUT2D eigenvalue weighted by Gasteiger charge is -2.28. The second-order valence-electron chi connectivity index (χ2n) is 6.33. The molecule has 3 N–H and O–H groups in total. The molecule has 136 valence electrons. The van der Waals surface area contributed by atoms with Crippen molar-refractivity contribution in [3.63, 3.8) is 0 Å². The highest BCUT2D eigenvalue weighted by atomic mass is 127. The van der Waals surface area contributed by atoms with Crippen molar-refractivity contribution < 1.29 is 0 Å². The molecule has 1 aromatic rings. The quantitative estimate of drug-likeness (QED) is 0.372. The van der Waals surface area contributed by atoms with Crippen molar-refractivity contribution in [3.05, 3.63) is 33.8 Å². The first-order valence-electron chi connectivity index (χ1n) is 8.15. The Balaban J connectivity index is 0.00000288. The predicted octanol–water partition coefficient (Wildman–Crippen LogP) is 4.31. The van der Waals surface area contributed by atoms with E-state index in [4.69, 9.17) is 28.9 Å². The maximum atomic E-state index is 6.22. The first-order valence-corrected chi connectivity index (χ1v) is 8.91. The number of hydrogen-bond donors (Lipinski definition) is 2. The van der Waals surface area contributed by atoms with Crippen molar-refractivity contribution in [3.8, 4) is 0 Å². The molecule has 1 atom stereocenters. The Kier molecular flexibility index (Phi) is 9.71. The van der Waals surface area contributed by atoms with Gasteiger partial charge < -0.3 is 16.0 Å². The van der Waals surface area contributed by atoms with Gasteiger partial charge in [0.2, 0.25) is 0 Å². The monoisotopic (exact) mass is 484 g/mol. The molecular formula is C17H27Cl2IN4. The number of halogens is 3. The predicted molar refractivity (Wildman–Crippen MR) is 115 cm³/mol. The average molecular weight is 485 g/mol. The van der Waals surface area contributed by atoms with Gasteiger partial charge in [0.25, 0.3) is 0 Å². The molecule has 1 aromatic carbocycles. The van der Waals surface area contributed by atoms with E-state index >= 15 is 0 Å². The molecular weight excluding hydrogens is 458 g/mol. The molecule has 0 spiro atoms. The highest BCUT2D eigenvalue weighted by molar-refractivity contribution is 14.0. The topological polar surface area (TPSA) is 53.6 Å². The molecule has 0 aliphatic carbocycles. The summed E-state index contributed by atoms with van der Waals surface area (Å²) >= 11 is 12.1. The van der Waals surface area contributed by atoms with Crippen molar-refractivity contribution >= 4 is 53.1 Å². The molecule has 7 heteroatoms. The Morgan fingerprint density at radius 3 is 2.67 bits per heavy atom. The number of benzene rings is 1. The zero-order valence-corrected chi connectivity index (χ0v) is 18.1. The summed E-state index contributed by atoms with van der Waals surface area (Å²) in [6.07, 6.45) is 3.62. The summed E-state index contributed by atoms with van der Waals surface area (Å²) in [7, 11) is 2.18. The summed E-state index contributed by atoms with van der Waals surface area (Å²) in [6, 6.07) is 5.47. The van der Waals surface area contributed by atoms with E-state index in [9.17, 15) is 0 Å². The summed E-state index contributed by atoms with van der Waals surface area (Å²) in [5.74, 6) is 1.24. The first-order chi connectivity index (χ1) is 11.0. The number of rotatable bonds is 5. The van der Waals surface area contributed by atoms with Crippen LogP contribution in [0.3, 0.4) is 0 Å². The van der Waals surface area contributed by atoms with E-state index in [0.717, 1.165) is 24.4 Å². The fourth-order valence-corrected chi connectivity index (χ4v) is 3.49. The third-order valence-electron chi connectivity index (χ3n) is 4.45. The first kappa shape index (κ1) is 21.8. The van der Waals surface area contributed by atoms with Crippen LogP contribution in [0, 0.1) is 5.92 Å². The third-order valence-corrected chi connectivity index (χ3v) is 5.01. The second kappa shape index (κ2) is 10.7. The second-order valence-corrected chi connectivity index (χ2v) is 7.18. The molecule has 0 saturated carbocycles. The largest absolute Gasteiger partial charge is 0.370 e. The molecule has 1 aliphatic heterocycles. The SMILES string of the molecule is CC(NC(N)=NCCC1CCN(C)CC1)c1ccc(Cl)cc1Cl.I. The lowest BCUT2D eigenvalue weighted by atomic mass is 9.94. The van der Waals surface area contributed by atoms with Crippen molar-refractivity contribution in [2.45, 2.75) is 32.2 Å². The van der Waals surface area contributed by atoms with Crippen molar-refractivity contribution in [1.82, 2.24) is 10.2 Å². The van der Waals surface area contributed by atoms with Gasteiger partial charge in [-0.2, -0.15) is 0 Å². The van der Waals surface area contributed by atoms with E-state index in [2.05, 4.69) is 22.3 Å². The molecule has 2 rings (SSSR count). The Bertz CT molecular complexity index is 545. The Morgan fingerprint density at radius 2 is 2.04 bits per heavy atom. The molecule has 1 fully saturated rings. The number of piperidine rings is 1. The van der Waals surface area contributed by atoms with Gasteiger partial charge in [-0.15, -0.1) is 24.0 Å². The van der Waals surface area contributed by atoms with E-state index in [0.29, 0.717) is 16.0 Å². The van der Waals surface area contributed by atoms with E-state index in [-0.39, 0.29) is 30.0 Å². The van der Waals surface area contributed by atoms with Crippen LogP contribution in [0.25, 0.3) is 0 Å². The standard InChI is InChI=1S/C17H26Cl2N4.HI/c1-12(15-4-3-14(18)11-16(15)19)22-17(20)21-8-5-13-6-9-23(2)10-7-13;/h3-4,11-13H,5-10H2,1-2H3,(H3,20,21,22);1H. The fraction of sp³-hybridized carbons (Fsp3) is 0.588. The van der Waals surface area contributed by atoms with Crippen LogP contribution in [0.5, 0.6) is 0 Å². The van der Waals surface area contributed by atoms with Crippen molar-refractivity contribution in [2.75, 3.05) is 26.7 Å². The zero-order valence-electron chi connectivity index (χ0n) is 14.3. The zero-order chi connectivity index (χ0) is 16.8. The summed E-state index contributed by atoms with van der Waals surface area (Å²) in [5, 5.41) is 4.46. The molecule has 0 aromatic heterocycles. The number of nitrogens with one attached hydrogen (secondary N) is 1. The molecule has 1 aliphatic rings. The number of nitrogens with zero attached hydrogens (tertiary/aromatic N) is 2. The van der Waals surface area contributed by atoms with Gasteiger partial charge in [-0.1, -0.05) is 29.3 Å². The van der Waals surface area contributed by atoms with Crippen LogP contribution in [0.4, 0.5) is 0 Å². The van der Waals surface area contributed by atoms with Crippen LogP contribution >= 0.6 is 47.2 Å². The number of likely N-dealkylation sites (tertiary alicyclic amines) is 1. The van der Waals surface area contributed by atoms with E-state index in [1.54, 1.807) is 6.07 Å². The van der Waals surface area contributed by atoms with Crippen LogP contribution in [-0.2, 0) is 0 Å². The summed E-state index contributed by atoms with van der Waals surface area (Å²) in [4.78, 5) is 6.83. The Morgan fingerprint density at radius 1 is 1.38 bits per heavy atom. The number of hydrogen-bond acceptors (Lipinski definition) is 2. The normalized spacial score (nSPS) is 18.1. The molecule has 0 amide bonds. The van der Waals surface area contributed by atoms with Gasteiger partial charge >= 0.3 is 0 Å². The Labute approximate surface area is 172 Å². The summed E-state index contributed by atoms with van der Waals surface area (Å²) in [6.45, 7) is 5.16. The van der Waals surface area contributed by atoms with Crippen molar-refractivity contribution in [2.24, 2.45) is 16.6 Å². The van der Waals surface area contributed by atoms with Crippen LogP contribution in [0.1, 0.15) is 37.8 Å². The molecule has 0 radical (unpaired) electrons. The molecule has 1 heterocycles. The number of aliphatic imine (C=N–C) groups is 1. The van der Waals surface area contributed by atoms with Crippen LogP contribution in [0.15, 0.2) is 23.2 Å². The van der Waals surface area contributed by atoms with E-state index in [1.807, 2.05) is 19.1 Å². The Hall–Kier alpha value is -0.240. The summed E-state index contributed by atoms with van der Waals surface area (Å²) in [5.41, 5.74) is 6.95. The van der Waals surface area contributed by atoms with Crippen molar-refractivity contribution in [1.29, 1.82) is 0 Å². The smallest absolute Gasteiger partial charge is 0.189 e. The lowest BCUT2D eigenvalue weighted by molar-refractivity contribution is 0.214. The maximum absolute atomic E-state index is 6.22. The minimum atomic E-state index is -0.00755. The van der Waals surface area contributed by atoms with Gasteiger partial charge in [0.1, 0.15) is 0 Å². The van der Waals surface area contributed by atoms with E-state index in [1.165, 1.54) is 25.9 Å². The molecule has 4 nitrogen and oxygen atoms in total. The van der Waals surface area contributed by atoms with Gasteiger partial charge in [-0.25, -0.2) is 0 Å². The minimum Gasteiger partial charge on any atom is -0.370 e. The van der Waals surface area contributed by atoms with Crippen LogP contribution < -0.4 is 11.1 Å². The lowest BCUT2D eigenvalue weighted by Crippen LogP contribution is -2.34. The van der Waals surface area contributed by atoms with Gasteiger partial charge in [-0.05, 0) is 69.9 Å². The minimum absolute atomic E-state index is 0. The average Bonchev–Trinajstić information content (AvgIpc) is 2.49. The highest BCUT2D eigenvalue weighted by Crippen LogP contribution is 2.26. The van der Waals surface area contributed by atoms with Gasteiger partial charge in [0.15, 0.2) is 5.96 Å². The maximum Gasteiger partial charge on any atom is 0.189 e. The highest BCUT2D eigenvalue weighted by Gasteiger charge is 2.16. The summed E-state index contributed by atoms with van der Waals surface area (Å²) < 4.78 is 0. The van der Waals surface area contributed by atoms with Gasteiger partial charge in [0.05, 0.1) is 6.04 Å². The van der Waals surface area contributed by atoms with Gasteiger partial charge in [-0.3, -0.25) is 4.99 Å². The number of guanidine groups is 1. The van der Waals surface area contributed by atoms with E-state index < -0.39 is 0 Å². The third kappa shape index (κ3) is 6.94.